The maximum atomic E-state index is 13.8. The fourth-order valence-corrected chi connectivity index (χ4v) is 3.47. The number of aryl methyl sites for hydroxylation is 2. The largest absolute Gasteiger partial charge is 0.350 e. The molecule has 0 saturated carbocycles. The number of amides is 1. The molecule has 31 heavy (non-hydrogen) atoms. The van der Waals surface area contributed by atoms with Crippen molar-refractivity contribution < 1.29 is 9.18 Å². The Balaban J connectivity index is 1.51. The molecule has 6 nitrogen and oxygen atoms in total. The van der Waals surface area contributed by atoms with Crippen molar-refractivity contribution in [2.75, 3.05) is 6.54 Å². The standard InChI is InChI=1S/C23H20ClFN4O2/c1-14-3-4-16(11-15(14)2)20-13-21-23(31)28(9-10-29(21)27-20)8-7-26-22(30)18-12-17(24)5-6-19(18)25/h3-6,9-13H,7-8H2,1-2H3,(H,26,30). The van der Waals surface area contributed by atoms with Crippen molar-refractivity contribution in [2.45, 2.75) is 20.4 Å². The van der Waals surface area contributed by atoms with Gasteiger partial charge < -0.3 is 9.88 Å². The molecule has 1 amide bonds. The summed E-state index contributed by atoms with van der Waals surface area (Å²) in [5.41, 5.74) is 4.06. The number of rotatable bonds is 5. The zero-order chi connectivity index (χ0) is 22.1. The molecule has 158 valence electrons. The molecule has 2 aromatic carbocycles. The van der Waals surface area contributed by atoms with Crippen LogP contribution in [0, 0.1) is 19.7 Å². The predicted molar refractivity (Wildman–Crippen MR) is 118 cm³/mol. The Labute approximate surface area is 182 Å². The summed E-state index contributed by atoms with van der Waals surface area (Å²) in [7, 11) is 0. The minimum atomic E-state index is -0.654. The number of nitrogens with one attached hydrogen (secondary N) is 1. The summed E-state index contributed by atoms with van der Waals surface area (Å²) in [4.78, 5) is 25.1. The summed E-state index contributed by atoms with van der Waals surface area (Å²) in [6, 6.07) is 11.6. The molecule has 0 aliphatic carbocycles. The molecular formula is C23H20ClFN4O2. The highest BCUT2D eigenvalue weighted by molar-refractivity contribution is 6.31. The number of halogens is 2. The highest BCUT2D eigenvalue weighted by Gasteiger charge is 2.13. The maximum Gasteiger partial charge on any atom is 0.276 e. The second kappa shape index (κ2) is 8.35. The average molecular weight is 439 g/mol. The highest BCUT2D eigenvalue weighted by atomic mass is 35.5. The SMILES string of the molecule is Cc1ccc(-c2cc3c(=O)n(CCNC(=O)c4cc(Cl)ccc4F)ccn3n2)cc1C. The van der Waals surface area contributed by atoms with Crippen LogP contribution in [-0.4, -0.2) is 26.6 Å². The summed E-state index contributed by atoms with van der Waals surface area (Å²) < 4.78 is 16.8. The third kappa shape index (κ3) is 4.22. The van der Waals surface area contributed by atoms with Crippen molar-refractivity contribution in [3.8, 4) is 11.3 Å². The van der Waals surface area contributed by atoms with Gasteiger partial charge in [-0.15, -0.1) is 0 Å². The van der Waals surface area contributed by atoms with E-state index in [1.165, 1.54) is 22.3 Å². The smallest absolute Gasteiger partial charge is 0.276 e. The minimum Gasteiger partial charge on any atom is -0.350 e. The van der Waals surface area contributed by atoms with E-state index in [1.54, 1.807) is 23.0 Å². The van der Waals surface area contributed by atoms with Gasteiger partial charge in [-0.3, -0.25) is 9.59 Å². The fourth-order valence-electron chi connectivity index (χ4n) is 3.30. The van der Waals surface area contributed by atoms with Gasteiger partial charge in [0.25, 0.3) is 11.5 Å². The van der Waals surface area contributed by atoms with Gasteiger partial charge in [-0.1, -0.05) is 23.7 Å². The number of carbonyl (C=O) groups is 1. The predicted octanol–water partition coefficient (Wildman–Crippen LogP) is 4.00. The van der Waals surface area contributed by atoms with Crippen LogP contribution in [0.5, 0.6) is 0 Å². The average Bonchev–Trinajstić information content (AvgIpc) is 3.18. The maximum absolute atomic E-state index is 13.8. The van der Waals surface area contributed by atoms with Crippen LogP contribution in [0.2, 0.25) is 5.02 Å². The van der Waals surface area contributed by atoms with Gasteiger partial charge in [-0.05, 0) is 55.3 Å². The molecule has 0 aliphatic rings. The molecule has 0 bridgehead atoms. The Kier molecular flexibility index (Phi) is 5.61. The molecule has 0 saturated heterocycles. The van der Waals surface area contributed by atoms with Gasteiger partial charge in [0.2, 0.25) is 0 Å². The van der Waals surface area contributed by atoms with E-state index < -0.39 is 11.7 Å². The van der Waals surface area contributed by atoms with Gasteiger partial charge in [0.05, 0.1) is 11.3 Å². The topological polar surface area (TPSA) is 68.4 Å². The molecule has 0 fully saturated rings. The zero-order valence-electron chi connectivity index (χ0n) is 17.0. The molecule has 0 radical (unpaired) electrons. The normalized spacial score (nSPS) is 11.1. The fraction of sp³-hybridized carbons (Fsp3) is 0.174. The van der Waals surface area contributed by atoms with Crippen LogP contribution in [-0.2, 0) is 6.54 Å². The van der Waals surface area contributed by atoms with Crippen LogP contribution in [0.1, 0.15) is 21.5 Å². The lowest BCUT2D eigenvalue weighted by Gasteiger charge is -2.08. The molecule has 4 rings (SSSR count). The molecule has 2 heterocycles. The molecule has 0 aliphatic heterocycles. The number of fused-ring (bicyclic) bond motifs is 1. The Bertz CT molecular complexity index is 1360. The third-order valence-electron chi connectivity index (χ3n) is 5.22. The number of benzene rings is 2. The highest BCUT2D eigenvalue weighted by Crippen LogP contribution is 2.21. The van der Waals surface area contributed by atoms with Gasteiger partial charge in [-0.2, -0.15) is 5.10 Å². The lowest BCUT2D eigenvalue weighted by molar-refractivity contribution is 0.0948. The monoisotopic (exact) mass is 438 g/mol. The van der Waals surface area contributed by atoms with E-state index >= 15 is 0 Å². The van der Waals surface area contributed by atoms with E-state index in [1.807, 2.05) is 32.0 Å². The minimum absolute atomic E-state index is 0.135. The van der Waals surface area contributed by atoms with Crippen LogP contribution in [0.15, 0.2) is 59.7 Å². The van der Waals surface area contributed by atoms with E-state index in [9.17, 15) is 14.0 Å². The summed E-state index contributed by atoms with van der Waals surface area (Å²) in [6.45, 7) is 4.46. The molecule has 4 aromatic rings. The molecule has 8 heteroatoms. The van der Waals surface area contributed by atoms with Gasteiger partial charge >= 0.3 is 0 Å². The van der Waals surface area contributed by atoms with Crippen molar-refractivity contribution in [3.05, 3.63) is 92.7 Å². The number of hydrogen-bond donors (Lipinski definition) is 1. The second-order valence-electron chi connectivity index (χ2n) is 7.34. The van der Waals surface area contributed by atoms with Gasteiger partial charge in [-0.25, -0.2) is 8.91 Å². The Morgan fingerprint density at radius 2 is 1.90 bits per heavy atom. The second-order valence-corrected chi connectivity index (χ2v) is 7.77. The summed E-state index contributed by atoms with van der Waals surface area (Å²) >= 11 is 5.83. The van der Waals surface area contributed by atoms with Crippen molar-refractivity contribution in [1.29, 1.82) is 0 Å². The number of carbonyl (C=O) groups excluding carboxylic acids is 1. The first kappa shape index (κ1) is 20.8. The van der Waals surface area contributed by atoms with Crippen LogP contribution >= 0.6 is 11.6 Å². The molecular weight excluding hydrogens is 419 g/mol. The van der Waals surface area contributed by atoms with E-state index in [-0.39, 0.29) is 29.2 Å². The van der Waals surface area contributed by atoms with E-state index in [0.29, 0.717) is 11.2 Å². The Morgan fingerprint density at radius 3 is 2.68 bits per heavy atom. The van der Waals surface area contributed by atoms with Crippen LogP contribution in [0.25, 0.3) is 16.8 Å². The number of hydrogen-bond acceptors (Lipinski definition) is 3. The Hall–Kier alpha value is -3.45. The lowest BCUT2D eigenvalue weighted by Crippen LogP contribution is -2.31. The van der Waals surface area contributed by atoms with E-state index in [4.69, 9.17) is 11.6 Å². The first-order chi connectivity index (χ1) is 14.8. The van der Waals surface area contributed by atoms with Crippen molar-refractivity contribution in [2.24, 2.45) is 0 Å². The van der Waals surface area contributed by atoms with Gasteiger partial charge in [0, 0.05) is 36.1 Å². The quantitative estimate of drug-likeness (QED) is 0.512. The summed E-state index contributed by atoms with van der Waals surface area (Å²) in [6.07, 6.45) is 3.30. The van der Waals surface area contributed by atoms with Crippen LogP contribution < -0.4 is 10.9 Å². The number of nitrogens with zero attached hydrogens (tertiary/aromatic N) is 3. The van der Waals surface area contributed by atoms with E-state index in [0.717, 1.165) is 17.2 Å². The lowest BCUT2D eigenvalue weighted by atomic mass is 10.0. The molecule has 0 spiro atoms. The zero-order valence-corrected chi connectivity index (χ0v) is 17.8. The molecule has 0 unspecified atom stereocenters. The first-order valence-corrected chi connectivity index (χ1v) is 10.1. The van der Waals surface area contributed by atoms with Crippen molar-refractivity contribution in [1.82, 2.24) is 19.5 Å². The summed E-state index contributed by atoms with van der Waals surface area (Å²) in [5, 5.41) is 7.39. The van der Waals surface area contributed by atoms with Crippen molar-refractivity contribution >= 4 is 23.0 Å². The van der Waals surface area contributed by atoms with Crippen molar-refractivity contribution in [3.63, 3.8) is 0 Å². The van der Waals surface area contributed by atoms with Gasteiger partial charge in [0.1, 0.15) is 11.3 Å². The van der Waals surface area contributed by atoms with Crippen LogP contribution in [0.4, 0.5) is 4.39 Å². The van der Waals surface area contributed by atoms with E-state index in [2.05, 4.69) is 10.4 Å². The third-order valence-corrected chi connectivity index (χ3v) is 5.45. The van der Waals surface area contributed by atoms with Gasteiger partial charge in [0.15, 0.2) is 0 Å². The summed E-state index contributed by atoms with van der Waals surface area (Å²) in [5.74, 6) is -1.24. The Morgan fingerprint density at radius 1 is 1.10 bits per heavy atom. The first-order valence-electron chi connectivity index (χ1n) is 9.73. The molecule has 0 atom stereocenters. The molecule has 1 N–H and O–H groups in total. The number of aromatic nitrogens is 3. The van der Waals surface area contributed by atoms with Crippen LogP contribution in [0.3, 0.4) is 0 Å². The molecule has 2 aromatic heterocycles.